The molecule has 4 aromatic rings. The number of aromatic nitrogens is 2. The van der Waals surface area contributed by atoms with E-state index in [4.69, 9.17) is 14.9 Å². The number of alkyl halides is 3. The van der Waals surface area contributed by atoms with Crippen LogP contribution in [-0.4, -0.2) is 53.4 Å². The minimum absolute atomic E-state index is 0.0358. The first-order valence-electron chi connectivity index (χ1n) is 14.8. The quantitative estimate of drug-likeness (QED) is 0.260. The van der Waals surface area contributed by atoms with Gasteiger partial charge in [0.2, 0.25) is 0 Å². The number of hydrogen-bond acceptors (Lipinski definition) is 8. The number of nitrogens with two attached hydrogens (primary N) is 1. The number of carbonyl (C=O) groups is 1. The van der Waals surface area contributed by atoms with Crippen LogP contribution in [0.3, 0.4) is 0 Å². The summed E-state index contributed by atoms with van der Waals surface area (Å²) in [6.07, 6.45) is -5.54. The minimum atomic E-state index is -4.87. The van der Waals surface area contributed by atoms with Gasteiger partial charge in [0.15, 0.2) is 0 Å². The molecule has 1 aliphatic rings. The molecule has 15 heteroatoms. The van der Waals surface area contributed by atoms with Crippen LogP contribution in [0.2, 0.25) is 0 Å². The van der Waals surface area contributed by atoms with E-state index < -0.39 is 53.0 Å². The van der Waals surface area contributed by atoms with Crippen molar-refractivity contribution in [1.82, 2.24) is 19.4 Å². The maximum Gasteiger partial charge on any atom is 0.416 e. The van der Waals surface area contributed by atoms with E-state index >= 15 is 0 Å². The van der Waals surface area contributed by atoms with Crippen LogP contribution in [0.15, 0.2) is 74.7 Å². The van der Waals surface area contributed by atoms with Gasteiger partial charge in [-0.3, -0.25) is 18.8 Å². The average molecular weight is 659 g/mol. The molecule has 3 heterocycles. The van der Waals surface area contributed by atoms with E-state index in [1.165, 1.54) is 20.0 Å². The second-order valence-electron chi connectivity index (χ2n) is 11.1. The average Bonchev–Trinajstić information content (AvgIpc) is 3.48. The van der Waals surface area contributed by atoms with Crippen LogP contribution >= 0.6 is 0 Å². The molecule has 0 unspecified atom stereocenters. The van der Waals surface area contributed by atoms with Crippen molar-refractivity contribution >= 4 is 11.8 Å². The molecule has 0 saturated carbocycles. The van der Waals surface area contributed by atoms with Crippen molar-refractivity contribution in [3.63, 3.8) is 0 Å². The molecule has 3 N–H and O–H groups in total. The topological polar surface area (TPSA) is 128 Å². The first-order valence-corrected chi connectivity index (χ1v) is 14.8. The fourth-order valence-electron chi connectivity index (χ4n) is 5.63. The zero-order chi connectivity index (χ0) is 33.9. The van der Waals surface area contributed by atoms with Gasteiger partial charge >= 0.3 is 18.0 Å². The Hall–Kier alpha value is -4.89. The number of halogens is 4. The fourth-order valence-corrected chi connectivity index (χ4v) is 5.63. The van der Waals surface area contributed by atoms with Gasteiger partial charge in [-0.1, -0.05) is 36.4 Å². The molecule has 11 nitrogen and oxygen atoms in total. The van der Waals surface area contributed by atoms with Crippen molar-refractivity contribution in [3.8, 4) is 5.95 Å². The summed E-state index contributed by atoms with van der Waals surface area (Å²) in [5.74, 6) is -0.541. The molecular weight excluding hydrogens is 624 g/mol. The molecule has 1 aliphatic heterocycles. The first-order chi connectivity index (χ1) is 22.4. The third kappa shape index (κ3) is 7.41. The third-order valence-corrected chi connectivity index (χ3v) is 8.11. The van der Waals surface area contributed by atoms with Crippen molar-refractivity contribution in [2.45, 2.75) is 38.8 Å². The molecule has 1 atom stereocenters. The number of ether oxygens (including phenoxy) is 1. The Morgan fingerprint density at radius 1 is 0.979 bits per heavy atom. The molecule has 1 amide bonds. The predicted molar refractivity (Wildman–Crippen MR) is 165 cm³/mol. The Bertz CT molecular complexity index is 1850. The molecule has 5 rings (SSSR count). The van der Waals surface area contributed by atoms with Crippen LogP contribution < -0.4 is 31.9 Å². The van der Waals surface area contributed by atoms with Gasteiger partial charge in [-0.2, -0.15) is 13.2 Å². The van der Waals surface area contributed by atoms with Crippen LogP contribution in [0.5, 0.6) is 5.95 Å². The Morgan fingerprint density at radius 2 is 1.68 bits per heavy atom. The second kappa shape index (κ2) is 13.8. The number of carbonyl (C=O) groups excluding carboxylic acids is 1. The van der Waals surface area contributed by atoms with Crippen molar-refractivity contribution in [2.75, 3.05) is 38.1 Å². The number of hydrogen-bond donors (Lipinski definition) is 2. The summed E-state index contributed by atoms with van der Waals surface area (Å²) >= 11 is 0. The highest BCUT2D eigenvalue weighted by Gasteiger charge is 2.35. The molecule has 1 saturated heterocycles. The van der Waals surface area contributed by atoms with E-state index in [2.05, 4.69) is 5.32 Å². The van der Waals surface area contributed by atoms with Crippen LogP contribution in [0.1, 0.15) is 34.2 Å². The molecule has 0 radical (unpaired) electrons. The summed E-state index contributed by atoms with van der Waals surface area (Å²) in [4.78, 5) is 43.1. The molecule has 47 heavy (non-hydrogen) atoms. The summed E-state index contributed by atoms with van der Waals surface area (Å²) in [5, 5.41) is 2.33. The van der Waals surface area contributed by atoms with Crippen molar-refractivity contribution in [1.29, 1.82) is 0 Å². The summed E-state index contributed by atoms with van der Waals surface area (Å²) < 4.78 is 69.1. The molecule has 0 spiro atoms. The predicted octanol–water partition coefficient (Wildman–Crippen LogP) is 3.86. The Kier molecular flexibility index (Phi) is 9.86. The zero-order valence-electron chi connectivity index (χ0n) is 25.7. The maximum atomic E-state index is 14.9. The Balaban J connectivity index is 1.47. The summed E-state index contributed by atoms with van der Waals surface area (Å²) in [5.41, 5.74) is 3.81. The van der Waals surface area contributed by atoms with E-state index in [-0.39, 0.29) is 23.9 Å². The largest absolute Gasteiger partial charge is 0.429 e. The van der Waals surface area contributed by atoms with E-state index in [1.54, 1.807) is 41.3 Å². The lowest BCUT2D eigenvalue weighted by Crippen LogP contribution is -2.51. The smallest absolute Gasteiger partial charge is 0.416 e. The van der Waals surface area contributed by atoms with Crippen molar-refractivity contribution < 1.29 is 31.5 Å². The van der Waals surface area contributed by atoms with Crippen molar-refractivity contribution in [2.24, 2.45) is 5.73 Å². The lowest BCUT2D eigenvalue weighted by atomic mass is 10.1. The lowest BCUT2D eigenvalue weighted by molar-refractivity contribution is -0.138. The number of nitrogens with zero attached hydrogens (tertiary/aromatic N) is 4. The standard InChI is InChI=1S/C32H34F4N6O5/c1-20-28(40-15-13-39(14-16-40)17-22-11-12-27(46-22)47-30(44)38-2)29(43)42(19-26(37)21-7-4-3-5-8-21)31(45)41(20)18-23-24(32(34,35)36)9-6-10-25(23)33/h3-12,26H,13-19,37H2,1-2H3,(H,38,44)/t26-/m0/s1. The number of amides is 1. The molecule has 2 aromatic carbocycles. The SMILES string of the molecule is CNC(=O)Oc1ccc(CN2CCN(c3c(C)n(Cc4c(F)cccc4C(F)(F)F)c(=O)n(C[C@H](N)c4ccccc4)c3=O)CC2)o1. The van der Waals surface area contributed by atoms with Gasteiger partial charge in [-0.15, -0.1) is 0 Å². The van der Waals surface area contributed by atoms with Gasteiger partial charge in [0, 0.05) is 56.6 Å². The van der Waals surface area contributed by atoms with Crippen LogP contribution in [-0.2, 0) is 25.8 Å². The summed E-state index contributed by atoms with van der Waals surface area (Å²) in [7, 11) is 1.42. The highest BCUT2D eigenvalue weighted by molar-refractivity contribution is 5.69. The van der Waals surface area contributed by atoms with Gasteiger partial charge in [-0.25, -0.2) is 14.0 Å². The van der Waals surface area contributed by atoms with Gasteiger partial charge < -0.3 is 25.1 Å². The zero-order valence-corrected chi connectivity index (χ0v) is 25.7. The third-order valence-electron chi connectivity index (χ3n) is 8.11. The number of rotatable bonds is 9. The highest BCUT2D eigenvalue weighted by atomic mass is 19.4. The van der Waals surface area contributed by atoms with Crippen molar-refractivity contribution in [3.05, 3.63) is 115 Å². The lowest BCUT2D eigenvalue weighted by Gasteiger charge is -2.36. The van der Waals surface area contributed by atoms with E-state index in [9.17, 15) is 31.9 Å². The number of anilines is 1. The Labute approximate surface area is 266 Å². The number of benzene rings is 2. The van der Waals surface area contributed by atoms with Crippen LogP contribution in [0.25, 0.3) is 0 Å². The maximum absolute atomic E-state index is 14.9. The molecule has 250 valence electrons. The second-order valence-corrected chi connectivity index (χ2v) is 11.1. The molecule has 2 aromatic heterocycles. The first kappa shape index (κ1) is 33.5. The monoisotopic (exact) mass is 658 g/mol. The van der Waals surface area contributed by atoms with E-state index in [1.807, 2.05) is 4.90 Å². The number of nitrogens with one attached hydrogen (secondary N) is 1. The van der Waals surface area contributed by atoms with Gasteiger partial charge in [-0.05, 0) is 30.7 Å². The van der Waals surface area contributed by atoms with Crippen LogP contribution in [0.4, 0.5) is 28.0 Å². The molecular formula is C32H34F4N6O5. The van der Waals surface area contributed by atoms with Gasteiger partial charge in [0.1, 0.15) is 17.3 Å². The number of furan rings is 1. The summed E-state index contributed by atoms with van der Waals surface area (Å²) in [6.45, 7) is 2.42. The van der Waals surface area contributed by atoms with Crippen LogP contribution in [0, 0.1) is 12.7 Å². The molecule has 0 bridgehead atoms. The molecule has 1 fully saturated rings. The summed E-state index contributed by atoms with van der Waals surface area (Å²) in [6, 6.07) is 13.8. The van der Waals surface area contributed by atoms with E-state index in [0.717, 1.165) is 27.3 Å². The normalized spacial score (nSPS) is 14.7. The fraction of sp³-hybridized carbons (Fsp3) is 0.344. The Morgan fingerprint density at radius 3 is 2.34 bits per heavy atom. The minimum Gasteiger partial charge on any atom is -0.429 e. The van der Waals surface area contributed by atoms with Gasteiger partial charge in [0.05, 0.1) is 25.2 Å². The van der Waals surface area contributed by atoms with Gasteiger partial charge in [0.25, 0.3) is 11.5 Å². The highest BCUT2D eigenvalue weighted by Crippen LogP contribution is 2.33. The van der Waals surface area contributed by atoms with E-state index in [0.29, 0.717) is 44.0 Å². The number of piperazine rings is 1. The molecule has 0 aliphatic carbocycles.